The summed E-state index contributed by atoms with van der Waals surface area (Å²) in [7, 11) is 0. The molecular weight excluding hydrogens is 323 g/mol. The highest BCUT2D eigenvalue weighted by Crippen LogP contribution is 2.30. The maximum absolute atomic E-state index is 6.03. The summed E-state index contributed by atoms with van der Waals surface area (Å²) in [4.78, 5) is 0. The van der Waals surface area contributed by atoms with Gasteiger partial charge in [-0.25, -0.2) is 0 Å². The van der Waals surface area contributed by atoms with Gasteiger partial charge in [0.15, 0.2) is 0 Å². The van der Waals surface area contributed by atoms with Crippen molar-refractivity contribution < 1.29 is 4.74 Å². The minimum absolute atomic E-state index is 0.274. The molecule has 2 heteroatoms. The first kappa shape index (κ1) is 13.3. The molecule has 2 rings (SSSR count). The van der Waals surface area contributed by atoms with E-state index in [1.165, 1.54) is 36.8 Å². The molecular formula is C15H21IO. The van der Waals surface area contributed by atoms with Crippen LogP contribution in [0.2, 0.25) is 0 Å². The molecule has 0 saturated heterocycles. The molecule has 0 aliphatic heterocycles. The maximum atomic E-state index is 6.03. The van der Waals surface area contributed by atoms with E-state index in [9.17, 15) is 0 Å². The summed E-state index contributed by atoms with van der Waals surface area (Å²) in [5.41, 5.74) is 2.65. The van der Waals surface area contributed by atoms with Gasteiger partial charge >= 0.3 is 0 Å². The van der Waals surface area contributed by atoms with Crippen molar-refractivity contribution in [1.29, 1.82) is 0 Å². The fourth-order valence-electron chi connectivity index (χ4n) is 2.26. The van der Waals surface area contributed by atoms with Crippen molar-refractivity contribution in [2.75, 3.05) is 11.0 Å². The topological polar surface area (TPSA) is 9.23 Å². The fraction of sp³-hybridized carbons (Fsp3) is 0.600. The molecule has 0 N–H and O–H groups in total. The summed E-state index contributed by atoms with van der Waals surface area (Å²) in [6.07, 6.45) is 5.79. The van der Waals surface area contributed by atoms with Crippen molar-refractivity contribution in [2.45, 2.75) is 38.7 Å². The van der Waals surface area contributed by atoms with Crippen LogP contribution < -0.4 is 0 Å². The average Bonchev–Trinajstić information content (AvgIpc) is 2.27. The Hall–Kier alpha value is -0.0900. The van der Waals surface area contributed by atoms with Gasteiger partial charge in [0.2, 0.25) is 0 Å². The van der Waals surface area contributed by atoms with Gasteiger partial charge in [0.05, 0.1) is 6.10 Å². The van der Waals surface area contributed by atoms with Gasteiger partial charge in [0.1, 0.15) is 0 Å². The molecule has 1 aliphatic carbocycles. The molecule has 0 amide bonds. The zero-order valence-corrected chi connectivity index (χ0v) is 12.7. The molecule has 17 heavy (non-hydrogen) atoms. The molecule has 1 saturated carbocycles. The van der Waals surface area contributed by atoms with E-state index in [2.05, 4.69) is 53.8 Å². The Balaban J connectivity index is 1.82. The summed E-state index contributed by atoms with van der Waals surface area (Å²) < 4.78 is 7.06. The fourth-order valence-corrected chi connectivity index (χ4v) is 3.02. The van der Waals surface area contributed by atoms with Gasteiger partial charge in [-0.1, -0.05) is 71.7 Å². The monoisotopic (exact) mass is 344 g/mol. The van der Waals surface area contributed by atoms with Crippen LogP contribution in [0.15, 0.2) is 24.3 Å². The first-order valence-electron chi connectivity index (χ1n) is 6.53. The Labute approximate surface area is 118 Å². The van der Waals surface area contributed by atoms with Crippen molar-refractivity contribution in [3.05, 3.63) is 35.4 Å². The normalized spacial score (nSPS) is 17.8. The van der Waals surface area contributed by atoms with Gasteiger partial charge in [-0.15, -0.1) is 0 Å². The molecule has 1 nitrogen and oxygen atoms in total. The number of rotatable bonds is 6. The lowest BCUT2D eigenvalue weighted by atomic mass is 9.83. The zero-order chi connectivity index (χ0) is 12.1. The standard InChI is InChI=1S/C15H21IO/c1-12-4-2-7-14(10-12)15(11-16)17-9-8-13-5-3-6-13/h2,4,7,10,13,15H,3,5-6,8-9,11H2,1H3. The SMILES string of the molecule is Cc1cccc(C(CI)OCCC2CCC2)c1. The van der Waals surface area contributed by atoms with Crippen LogP contribution in [0.25, 0.3) is 0 Å². The molecule has 94 valence electrons. The van der Waals surface area contributed by atoms with E-state index in [0.29, 0.717) is 0 Å². The van der Waals surface area contributed by atoms with Gasteiger partial charge in [0, 0.05) is 11.0 Å². The molecule has 1 aliphatic rings. The van der Waals surface area contributed by atoms with E-state index >= 15 is 0 Å². The van der Waals surface area contributed by atoms with Crippen LogP contribution in [0.5, 0.6) is 0 Å². The first-order valence-corrected chi connectivity index (χ1v) is 8.06. The Morgan fingerprint density at radius 2 is 2.24 bits per heavy atom. The molecule has 0 aromatic heterocycles. The highest BCUT2D eigenvalue weighted by molar-refractivity contribution is 14.1. The number of alkyl halides is 1. The van der Waals surface area contributed by atoms with Gasteiger partial charge in [-0.05, 0) is 24.8 Å². The smallest absolute Gasteiger partial charge is 0.0914 e. The van der Waals surface area contributed by atoms with Gasteiger partial charge in [0.25, 0.3) is 0 Å². The van der Waals surface area contributed by atoms with E-state index in [1.54, 1.807) is 0 Å². The predicted octanol–water partition coefficient (Wildman–Crippen LogP) is 4.68. The van der Waals surface area contributed by atoms with Crippen LogP contribution in [0, 0.1) is 12.8 Å². The summed E-state index contributed by atoms with van der Waals surface area (Å²) >= 11 is 2.42. The molecule has 0 spiro atoms. The summed E-state index contributed by atoms with van der Waals surface area (Å²) in [5, 5.41) is 0. The first-order chi connectivity index (χ1) is 8.29. The second kappa shape index (κ2) is 6.74. The number of halogens is 1. The average molecular weight is 344 g/mol. The summed E-state index contributed by atoms with van der Waals surface area (Å²) in [6, 6.07) is 8.69. The number of benzene rings is 1. The van der Waals surface area contributed by atoms with E-state index in [-0.39, 0.29) is 6.10 Å². The van der Waals surface area contributed by atoms with E-state index in [4.69, 9.17) is 4.74 Å². The number of aryl methyl sites for hydroxylation is 1. The molecule has 1 unspecified atom stereocenters. The number of hydrogen-bond donors (Lipinski definition) is 0. The lowest BCUT2D eigenvalue weighted by Gasteiger charge is -2.26. The van der Waals surface area contributed by atoms with Gasteiger partial charge in [-0.2, -0.15) is 0 Å². The molecule has 1 atom stereocenters. The van der Waals surface area contributed by atoms with Gasteiger partial charge < -0.3 is 4.74 Å². The van der Waals surface area contributed by atoms with Crippen molar-refractivity contribution in [3.8, 4) is 0 Å². The summed E-state index contributed by atoms with van der Waals surface area (Å²) in [5.74, 6) is 0.947. The second-order valence-electron chi connectivity index (χ2n) is 5.01. The van der Waals surface area contributed by atoms with Crippen LogP contribution >= 0.6 is 22.6 Å². The van der Waals surface area contributed by atoms with Gasteiger partial charge in [-0.3, -0.25) is 0 Å². The van der Waals surface area contributed by atoms with Crippen LogP contribution in [0.1, 0.15) is 42.9 Å². The minimum atomic E-state index is 0.274. The van der Waals surface area contributed by atoms with E-state index < -0.39 is 0 Å². The predicted molar refractivity (Wildman–Crippen MR) is 80.7 cm³/mol. The van der Waals surface area contributed by atoms with E-state index in [0.717, 1.165) is 17.0 Å². The Morgan fingerprint density at radius 1 is 1.41 bits per heavy atom. The molecule has 1 aromatic rings. The highest BCUT2D eigenvalue weighted by Gasteiger charge is 2.18. The van der Waals surface area contributed by atoms with Crippen LogP contribution in [0.3, 0.4) is 0 Å². The molecule has 1 aromatic carbocycles. The lowest BCUT2D eigenvalue weighted by Crippen LogP contribution is -2.15. The zero-order valence-electron chi connectivity index (χ0n) is 10.5. The molecule has 1 fully saturated rings. The van der Waals surface area contributed by atoms with E-state index in [1.807, 2.05) is 0 Å². The number of ether oxygens (including phenoxy) is 1. The third kappa shape index (κ3) is 3.95. The number of hydrogen-bond acceptors (Lipinski definition) is 1. The lowest BCUT2D eigenvalue weighted by molar-refractivity contribution is 0.0530. The van der Waals surface area contributed by atoms with Crippen LogP contribution in [-0.2, 0) is 4.74 Å². The van der Waals surface area contributed by atoms with Crippen molar-refractivity contribution in [2.24, 2.45) is 5.92 Å². The Kier molecular flexibility index (Phi) is 5.29. The van der Waals surface area contributed by atoms with Crippen LogP contribution in [0.4, 0.5) is 0 Å². The second-order valence-corrected chi connectivity index (χ2v) is 5.89. The largest absolute Gasteiger partial charge is 0.373 e. The molecule has 0 radical (unpaired) electrons. The van der Waals surface area contributed by atoms with Crippen molar-refractivity contribution in [1.82, 2.24) is 0 Å². The Bertz CT molecular complexity index is 347. The third-order valence-electron chi connectivity index (χ3n) is 3.62. The molecule has 0 bridgehead atoms. The summed E-state index contributed by atoms with van der Waals surface area (Å²) in [6.45, 7) is 3.06. The third-order valence-corrected chi connectivity index (χ3v) is 4.42. The maximum Gasteiger partial charge on any atom is 0.0914 e. The minimum Gasteiger partial charge on any atom is -0.373 e. The van der Waals surface area contributed by atoms with Crippen molar-refractivity contribution >= 4 is 22.6 Å². The van der Waals surface area contributed by atoms with Crippen LogP contribution in [-0.4, -0.2) is 11.0 Å². The molecule has 0 heterocycles. The van der Waals surface area contributed by atoms with Crippen molar-refractivity contribution in [3.63, 3.8) is 0 Å². The highest BCUT2D eigenvalue weighted by atomic mass is 127. The quantitative estimate of drug-likeness (QED) is 0.538. The Morgan fingerprint density at radius 3 is 2.82 bits per heavy atom.